The second-order valence-electron chi connectivity index (χ2n) is 10.7. The summed E-state index contributed by atoms with van der Waals surface area (Å²) in [5.41, 5.74) is -7.71. The molecule has 4 aromatic rings. The standard InChI is InChI=1S/C30H27ClF7N5O3S/c1-15-10-17(8-9-20(15)41-25(44)18-6-5-7-19(31)24(18)26(45)40-16(2)14-47-4)13-43-22-12-39-23(11-21(22)42(3)27(43)46)28(32,29(33,34)35)30(36,37)38/h5-12,16H,13-14H2,1-4H3,(H,40,45)(H,41,44)/t16-/m0/s1. The Balaban J connectivity index is 1.62. The zero-order valence-corrected chi connectivity index (χ0v) is 26.7. The fraction of sp³-hybridized carbons (Fsp3) is 0.333. The Morgan fingerprint density at radius 2 is 1.66 bits per heavy atom. The number of carbonyl (C=O) groups excluding carboxylic acids is 2. The fourth-order valence-corrected chi connectivity index (χ4v) is 5.81. The van der Waals surface area contributed by atoms with Crippen LogP contribution in [0.15, 0.2) is 53.5 Å². The number of rotatable bonds is 9. The molecule has 2 aromatic heterocycles. The van der Waals surface area contributed by atoms with E-state index in [0.29, 0.717) is 28.8 Å². The molecule has 2 amide bonds. The molecule has 0 saturated heterocycles. The molecule has 2 heterocycles. The molecule has 47 heavy (non-hydrogen) atoms. The van der Waals surface area contributed by atoms with Crippen LogP contribution < -0.4 is 16.3 Å². The number of thioether (sulfide) groups is 1. The van der Waals surface area contributed by atoms with Gasteiger partial charge in [-0.3, -0.25) is 23.7 Å². The highest BCUT2D eigenvalue weighted by Gasteiger charge is 2.74. The molecule has 8 nitrogen and oxygen atoms in total. The fourth-order valence-electron chi connectivity index (χ4n) is 4.96. The van der Waals surface area contributed by atoms with Crippen molar-refractivity contribution in [3.05, 3.63) is 92.1 Å². The van der Waals surface area contributed by atoms with Crippen LogP contribution in [0.2, 0.25) is 5.02 Å². The molecule has 0 aliphatic rings. The number of nitrogens with one attached hydrogen (secondary N) is 2. The summed E-state index contributed by atoms with van der Waals surface area (Å²) in [6.07, 6.45) is -10.3. The van der Waals surface area contributed by atoms with E-state index < -0.39 is 46.7 Å². The molecule has 252 valence electrons. The van der Waals surface area contributed by atoms with E-state index in [2.05, 4.69) is 15.6 Å². The lowest BCUT2D eigenvalue weighted by Crippen LogP contribution is -2.50. The topological polar surface area (TPSA) is 98.0 Å². The van der Waals surface area contributed by atoms with Gasteiger partial charge in [-0.2, -0.15) is 38.1 Å². The van der Waals surface area contributed by atoms with Crippen LogP contribution in [0.25, 0.3) is 11.0 Å². The van der Waals surface area contributed by atoms with Gasteiger partial charge in [0.25, 0.3) is 11.8 Å². The smallest absolute Gasteiger partial charge is 0.349 e. The number of alkyl halides is 7. The summed E-state index contributed by atoms with van der Waals surface area (Å²) in [5.74, 6) is -0.509. The number of aromatic nitrogens is 3. The van der Waals surface area contributed by atoms with Crippen molar-refractivity contribution >= 4 is 51.9 Å². The monoisotopic (exact) mass is 705 g/mol. The van der Waals surface area contributed by atoms with Crippen LogP contribution in [0.4, 0.5) is 36.4 Å². The van der Waals surface area contributed by atoms with E-state index in [9.17, 15) is 45.1 Å². The minimum Gasteiger partial charge on any atom is -0.349 e. The molecule has 0 fully saturated rings. The van der Waals surface area contributed by atoms with E-state index in [0.717, 1.165) is 16.2 Å². The number of pyridine rings is 1. The molecule has 1 atom stereocenters. The summed E-state index contributed by atoms with van der Waals surface area (Å²) in [6.45, 7) is 3.26. The lowest BCUT2D eigenvalue weighted by Gasteiger charge is -2.29. The molecule has 2 aromatic carbocycles. The first-order valence-corrected chi connectivity index (χ1v) is 15.5. The first kappa shape index (κ1) is 35.8. The van der Waals surface area contributed by atoms with Gasteiger partial charge in [0, 0.05) is 24.5 Å². The van der Waals surface area contributed by atoms with E-state index in [-0.39, 0.29) is 40.3 Å². The molecule has 17 heteroatoms. The predicted octanol–water partition coefficient (Wildman–Crippen LogP) is 6.77. The van der Waals surface area contributed by atoms with E-state index in [4.69, 9.17) is 11.6 Å². The highest BCUT2D eigenvalue weighted by molar-refractivity contribution is 7.98. The Hall–Kier alpha value is -4.05. The van der Waals surface area contributed by atoms with Crippen molar-refractivity contribution < 1.29 is 40.3 Å². The normalized spacial score (nSPS) is 13.1. The zero-order chi connectivity index (χ0) is 35.1. The average Bonchev–Trinajstić information content (AvgIpc) is 3.20. The van der Waals surface area contributed by atoms with Crippen LogP contribution in [-0.2, 0) is 19.3 Å². The molecule has 4 rings (SSSR count). The lowest BCUT2D eigenvalue weighted by molar-refractivity contribution is -0.349. The molecule has 0 radical (unpaired) electrons. The number of benzene rings is 2. The number of nitrogens with zero attached hydrogens (tertiary/aromatic N) is 3. The first-order valence-electron chi connectivity index (χ1n) is 13.7. The predicted molar refractivity (Wildman–Crippen MR) is 165 cm³/mol. The van der Waals surface area contributed by atoms with Crippen LogP contribution in [0.5, 0.6) is 0 Å². The molecular formula is C30H27ClF7N5O3S. The van der Waals surface area contributed by atoms with Crippen molar-refractivity contribution in [3.8, 4) is 0 Å². The number of aryl methyl sites for hydroxylation is 2. The average molecular weight is 706 g/mol. The molecule has 0 aliphatic carbocycles. The largest absolute Gasteiger partial charge is 0.437 e. The van der Waals surface area contributed by atoms with Gasteiger partial charge in [0.05, 0.1) is 45.6 Å². The number of hydrogen-bond donors (Lipinski definition) is 2. The Kier molecular flexibility index (Phi) is 10.1. The molecule has 0 unspecified atom stereocenters. The van der Waals surface area contributed by atoms with E-state index in [1.54, 1.807) is 13.0 Å². The number of imidazole rings is 1. The summed E-state index contributed by atoms with van der Waals surface area (Å²) in [7, 11) is 1.11. The van der Waals surface area contributed by atoms with Gasteiger partial charge in [-0.1, -0.05) is 29.8 Å². The summed E-state index contributed by atoms with van der Waals surface area (Å²) < 4.78 is 96.2. The molecule has 0 bridgehead atoms. The number of amides is 2. The summed E-state index contributed by atoms with van der Waals surface area (Å²) in [6, 6.07) is 9.16. The zero-order valence-electron chi connectivity index (χ0n) is 25.1. The van der Waals surface area contributed by atoms with E-state index >= 15 is 0 Å². The minimum absolute atomic E-state index is 0.00328. The van der Waals surface area contributed by atoms with Crippen molar-refractivity contribution in [3.63, 3.8) is 0 Å². The van der Waals surface area contributed by atoms with Gasteiger partial charge < -0.3 is 10.6 Å². The van der Waals surface area contributed by atoms with E-state index in [1.165, 1.54) is 42.1 Å². The summed E-state index contributed by atoms with van der Waals surface area (Å²) in [4.78, 5) is 42.3. The highest BCUT2D eigenvalue weighted by Crippen LogP contribution is 2.52. The number of anilines is 1. The summed E-state index contributed by atoms with van der Waals surface area (Å²) >= 11 is 7.82. The van der Waals surface area contributed by atoms with Crippen molar-refractivity contribution in [2.24, 2.45) is 7.05 Å². The Bertz CT molecular complexity index is 1890. The number of fused-ring (bicyclic) bond motifs is 1. The highest BCUT2D eigenvalue weighted by atomic mass is 35.5. The van der Waals surface area contributed by atoms with Gasteiger partial charge in [-0.05, 0) is 55.5 Å². The molecule has 2 N–H and O–H groups in total. The number of carbonyl (C=O) groups is 2. The first-order chi connectivity index (χ1) is 21.8. The quantitative estimate of drug-likeness (QED) is 0.188. The maximum Gasteiger partial charge on any atom is 0.437 e. The third kappa shape index (κ3) is 6.84. The van der Waals surface area contributed by atoms with Gasteiger partial charge in [0.15, 0.2) is 0 Å². The van der Waals surface area contributed by atoms with Crippen molar-refractivity contribution in [1.82, 2.24) is 19.4 Å². The lowest BCUT2D eigenvalue weighted by atomic mass is 9.99. The molecular weight excluding hydrogens is 679 g/mol. The second kappa shape index (κ2) is 13.2. The van der Waals surface area contributed by atoms with Crippen LogP contribution in [0.1, 0.15) is 44.5 Å². The Labute approximate surface area is 272 Å². The van der Waals surface area contributed by atoms with Crippen LogP contribution in [0, 0.1) is 6.92 Å². The van der Waals surface area contributed by atoms with Gasteiger partial charge in [-0.15, -0.1) is 0 Å². The van der Waals surface area contributed by atoms with Crippen LogP contribution >= 0.6 is 23.4 Å². The maximum atomic E-state index is 14.6. The SMILES string of the molecule is CSC[C@H](C)NC(=O)c1c(Cl)cccc1C(=O)Nc1ccc(Cn2c(=O)n(C)c3cc(C(F)(C(F)(F)F)C(F)(F)F)ncc32)cc1C. The number of halogens is 8. The van der Waals surface area contributed by atoms with Gasteiger partial charge in [0.1, 0.15) is 0 Å². The van der Waals surface area contributed by atoms with Crippen LogP contribution in [-0.4, -0.2) is 56.3 Å². The van der Waals surface area contributed by atoms with E-state index in [1.807, 2.05) is 13.2 Å². The van der Waals surface area contributed by atoms with Crippen molar-refractivity contribution in [2.75, 3.05) is 17.3 Å². The Morgan fingerprint density at radius 1 is 1.00 bits per heavy atom. The molecule has 0 saturated carbocycles. The van der Waals surface area contributed by atoms with Crippen LogP contribution in [0.3, 0.4) is 0 Å². The van der Waals surface area contributed by atoms with Gasteiger partial charge >= 0.3 is 23.7 Å². The number of hydrogen-bond acceptors (Lipinski definition) is 5. The minimum atomic E-state index is -6.37. The van der Waals surface area contributed by atoms with Gasteiger partial charge in [0.2, 0.25) is 0 Å². The van der Waals surface area contributed by atoms with Gasteiger partial charge in [-0.25, -0.2) is 9.18 Å². The molecule has 0 spiro atoms. The maximum absolute atomic E-state index is 14.6. The third-order valence-electron chi connectivity index (χ3n) is 7.33. The third-order valence-corrected chi connectivity index (χ3v) is 8.47. The second-order valence-corrected chi connectivity index (χ2v) is 12.1. The Morgan fingerprint density at radius 3 is 2.26 bits per heavy atom. The van der Waals surface area contributed by atoms with Crippen molar-refractivity contribution in [1.29, 1.82) is 0 Å². The molecule has 0 aliphatic heterocycles. The van der Waals surface area contributed by atoms with Crippen molar-refractivity contribution in [2.45, 2.75) is 44.5 Å². The summed E-state index contributed by atoms with van der Waals surface area (Å²) in [5, 5.41) is 5.61.